The summed E-state index contributed by atoms with van der Waals surface area (Å²) in [6, 6.07) is 0. The molecule has 1 saturated carbocycles. The first-order valence-electron chi connectivity index (χ1n) is 10.9. The predicted molar refractivity (Wildman–Crippen MR) is 114 cm³/mol. The van der Waals surface area contributed by atoms with Crippen molar-refractivity contribution in [3.8, 4) is 0 Å². The standard InChI is InChI=1S/C24H34O8/c1-12-8-18-23(29,19(12)28)10-16(11-25)9-17-21(5,6)22(7,32-15(4)27)20(31-14(3)26)13(2)24(17,18)30/h8-9,13,17-18,20,25,29-30H,10-11H2,1-7H3/t13-,17+,18-,20-,22-,23-,24-/m1/s1. The second-order valence-electron chi connectivity index (χ2n) is 10.3. The summed E-state index contributed by atoms with van der Waals surface area (Å²) in [5, 5.41) is 34.0. The van der Waals surface area contributed by atoms with Gasteiger partial charge in [0.05, 0.1) is 12.2 Å². The number of carbonyl (C=O) groups is 3. The lowest BCUT2D eigenvalue weighted by atomic mass is 9.47. The van der Waals surface area contributed by atoms with Crippen LogP contribution in [-0.4, -0.2) is 62.6 Å². The second-order valence-corrected chi connectivity index (χ2v) is 10.3. The molecule has 0 radical (unpaired) electrons. The number of hydrogen-bond donors (Lipinski definition) is 3. The average Bonchev–Trinajstić information content (AvgIpc) is 2.84. The molecule has 3 N–H and O–H groups in total. The van der Waals surface area contributed by atoms with Crippen LogP contribution in [0.1, 0.15) is 54.9 Å². The van der Waals surface area contributed by atoms with Crippen LogP contribution in [0.15, 0.2) is 23.3 Å². The normalized spacial score (nSPS) is 42.8. The number of Topliss-reactive ketones (excluding diaryl/α,β-unsaturated/α-hetero) is 1. The maximum absolute atomic E-state index is 13.0. The number of ether oxygens (including phenoxy) is 2. The molecule has 3 aliphatic carbocycles. The van der Waals surface area contributed by atoms with Crippen LogP contribution in [0.25, 0.3) is 0 Å². The molecule has 0 bridgehead atoms. The Morgan fingerprint density at radius 3 is 2.19 bits per heavy atom. The number of ketones is 1. The molecule has 0 aromatic rings. The number of rotatable bonds is 3. The molecule has 0 aliphatic heterocycles. The van der Waals surface area contributed by atoms with Crippen LogP contribution in [0, 0.1) is 23.2 Å². The van der Waals surface area contributed by atoms with E-state index in [2.05, 4.69) is 0 Å². The van der Waals surface area contributed by atoms with Gasteiger partial charge in [0, 0.05) is 43.4 Å². The molecule has 0 heterocycles. The first kappa shape index (κ1) is 24.6. The van der Waals surface area contributed by atoms with E-state index < -0.39 is 70.4 Å². The molecule has 0 amide bonds. The number of aliphatic hydroxyl groups is 3. The molecule has 3 rings (SSSR count). The van der Waals surface area contributed by atoms with Crippen molar-refractivity contribution in [3.63, 3.8) is 0 Å². The van der Waals surface area contributed by atoms with Crippen molar-refractivity contribution < 1.29 is 39.2 Å². The van der Waals surface area contributed by atoms with Gasteiger partial charge in [-0.2, -0.15) is 0 Å². The number of esters is 2. The van der Waals surface area contributed by atoms with Crippen molar-refractivity contribution >= 4 is 17.7 Å². The SMILES string of the molecule is CC(=O)O[C@@H]1[C@@H](C)[C@@]2(O)[C@@H](C=C(CO)C[C@]3(O)C(=O)C(C)=C[C@@H]23)C(C)(C)[C@]1(C)OC(C)=O. The first-order chi connectivity index (χ1) is 14.6. The fourth-order valence-corrected chi connectivity index (χ4v) is 6.36. The lowest BCUT2D eigenvalue weighted by Crippen LogP contribution is -2.75. The molecule has 32 heavy (non-hydrogen) atoms. The largest absolute Gasteiger partial charge is 0.458 e. The van der Waals surface area contributed by atoms with Crippen molar-refractivity contribution in [1.29, 1.82) is 0 Å². The van der Waals surface area contributed by atoms with Gasteiger partial charge in [-0.15, -0.1) is 0 Å². The highest BCUT2D eigenvalue weighted by molar-refractivity contribution is 6.04. The molecular weight excluding hydrogens is 416 g/mol. The topological polar surface area (TPSA) is 130 Å². The Labute approximate surface area is 188 Å². The molecule has 178 valence electrons. The van der Waals surface area contributed by atoms with Crippen LogP contribution in [0.4, 0.5) is 0 Å². The Balaban J connectivity index is 2.34. The van der Waals surface area contributed by atoms with Gasteiger partial charge in [-0.1, -0.05) is 32.9 Å². The van der Waals surface area contributed by atoms with Gasteiger partial charge in [0.1, 0.15) is 11.7 Å². The van der Waals surface area contributed by atoms with E-state index in [0.29, 0.717) is 11.1 Å². The van der Waals surface area contributed by atoms with E-state index in [1.54, 1.807) is 46.8 Å². The van der Waals surface area contributed by atoms with Gasteiger partial charge in [0.25, 0.3) is 0 Å². The number of aliphatic hydroxyl groups excluding tert-OH is 1. The van der Waals surface area contributed by atoms with Gasteiger partial charge in [0.2, 0.25) is 0 Å². The van der Waals surface area contributed by atoms with Gasteiger partial charge < -0.3 is 24.8 Å². The van der Waals surface area contributed by atoms with Crippen LogP contribution in [0.3, 0.4) is 0 Å². The Morgan fingerprint density at radius 1 is 1.09 bits per heavy atom. The van der Waals surface area contributed by atoms with E-state index in [9.17, 15) is 29.7 Å². The van der Waals surface area contributed by atoms with Crippen molar-refractivity contribution in [2.24, 2.45) is 23.2 Å². The molecule has 1 fully saturated rings. The lowest BCUT2D eigenvalue weighted by molar-refractivity contribution is -0.289. The summed E-state index contributed by atoms with van der Waals surface area (Å²) in [6.45, 7) is 10.6. The van der Waals surface area contributed by atoms with E-state index in [4.69, 9.17) is 9.47 Å². The van der Waals surface area contributed by atoms with E-state index >= 15 is 0 Å². The van der Waals surface area contributed by atoms with Crippen molar-refractivity contribution in [1.82, 2.24) is 0 Å². The highest BCUT2D eigenvalue weighted by atomic mass is 16.6. The lowest BCUT2D eigenvalue weighted by Gasteiger charge is -2.63. The molecule has 0 spiro atoms. The highest BCUT2D eigenvalue weighted by Gasteiger charge is 2.73. The summed E-state index contributed by atoms with van der Waals surface area (Å²) in [6.07, 6.45) is 2.08. The third-order valence-corrected chi connectivity index (χ3v) is 8.21. The molecule has 0 saturated heterocycles. The Morgan fingerprint density at radius 2 is 1.69 bits per heavy atom. The minimum atomic E-state index is -1.94. The molecule has 8 heteroatoms. The summed E-state index contributed by atoms with van der Waals surface area (Å²) in [4.78, 5) is 37.2. The van der Waals surface area contributed by atoms with E-state index in [-0.39, 0.29) is 6.42 Å². The van der Waals surface area contributed by atoms with Crippen molar-refractivity contribution in [3.05, 3.63) is 23.3 Å². The molecular formula is C24H34O8. The first-order valence-corrected chi connectivity index (χ1v) is 10.9. The van der Waals surface area contributed by atoms with Crippen LogP contribution in [0.2, 0.25) is 0 Å². The zero-order valence-corrected chi connectivity index (χ0v) is 19.8. The molecule has 0 unspecified atom stereocenters. The fourth-order valence-electron chi connectivity index (χ4n) is 6.36. The van der Waals surface area contributed by atoms with Gasteiger partial charge in [-0.25, -0.2) is 0 Å². The summed E-state index contributed by atoms with van der Waals surface area (Å²) >= 11 is 0. The van der Waals surface area contributed by atoms with Crippen LogP contribution < -0.4 is 0 Å². The van der Waals surface area contributed by atoms with Gasteiger partial charge in [-0.3, -0.25) is 14.4 Å². The Hall–Kier alpha value is -2.03. The van der Waals surface area contributed by atoms with Crippen molar-refractivity contribution in [2.45, 2.75) is 77.8 Å². The molecule has 3 aliphatic rings. The quantitative estimate of drug-likeness (QED) is 0.435. The third kappa shape index (κ3) is 3.10. The second kappa shape index (κ2) is 7.50. The fraction of sp³-hybridized carbons (Fsp3) is 0.708. The minimum absolute atomic E-state index is 0.134. The zero-order valence-electron chi connectivity index (χ0n) is 19.8. The summed E-state index contributed by atoms with van der Waals surface area (Å²) in [7, 11) is 0. The van der Waals surface area contributed by atoms with E-state index in [0.717, 1.165) is 0 Å². The summed E-state index contributed by atoms with van der Waals surface area (Å²) in [5.41, 5.74) is -5.33. The Bertz CT molecular complexity index is 917. The van der Waals surface area contributed by atoms with Gasteiger partial charge >= 0.3 is 11.9 Å². The van der Waals surface area contributed by atoms with E-state index in [1.807, 2.05) is 0 Å². The molecule has 0 aromatic carbocycles. The number of fused-ring (bicyclic) bond motifs is 3. The minimum Gasteiger partial charge on any atom is -0.458 e. The van der Waals surface area contributed by atoms with Crippen LogP contribution >= 0.6 is 0 Å². The Kier molecular flexibility index (Phi) is 5.77. The van der Waals surface area contributed by atoms with Gasteiger partial charge in [-0.05, 0) is 25.0 Å². The molecule has 7 atom stereocenters. The zero-order chi connectivity index (χ0) is 24.4. The van der Waals surface area contributed by atoms with Gasteiger partial charge in [0.15, 0.2) is 11.4 Å². The maximum atomic E-state index is 13.0. The predicted octanol–water partition coefficient (Wildman–Crippen LogP) is 1.46. The molecule has 8 nitrogen and oxygen atoms in total. The summed E-state index contributed by atoms with van der Waals surface area (Å²) < 4.78 is 11.5. The third-order valence-electron chi connectivity index (χ3n) is 8.21. The summed E-state index contributed by atoms with van der Waals surface area (Å²) in [5.74, 6) is -4.28. The van der Waals surface area contributed by atoms with Crippen molar-refractivity contribution in [2.75, 3.05) is 6.61 Å². The monoisotopic (exact) mass is 450 g/mol. The highest BCUT2D eigenvalue weighted by Crippen LogP contribution is 2.63. The molecule has 0 aromatic heterocycles. The maximum Gasteiger partial charge on any atom is 0.303 e. The van der Waals surface area contributed by atoms with E-state index in [1.165, 1.54) is 13.8 Å². The van der Waals surface area contributed by atoms with Crippen LogP contribution in [-0.2, 0) is 23.9 Å². The number of carbonyl (C=O) groups excluding carboxylic acids is 3. The smallest absolute Gasteiger partial charge is 0.303 e. The average molecular weight is 451 g/mol. The number of hydrogen-bond acceptors (Lipinski definition) is 8. The van der Waals surface area contributed by atoms with Crippen LogP contribution in [0.5, 0.6) is 0 Å².